The summed E-state index contributed by atoms with van der Waals surface area (Å²) in [7, 11) is 4.33. The van der Waals surface area contributed by atoms with Gasteiger partial charge in [-0.2, -0.15) is 0 Å². The summed E-state index contributed by atoms with van der Waals surface area (Å²) in [6.07, 6.45) is 7.12. The summed E-state index contributed by atoms with van der Waals surface area (Å²) < 4.78 is 0. The van der Waals surface area contributed by atoms with Gasteiger partial charge in [0.2, 0.25) is 0 Å². The Morgan fingerprint density at radius 1 is 0.957 bits per heavy atom. The Morgan fingerprint density at radius 3 is 2.26 bits per heavy atom. The molecular formula is C22H25N. The smallest absolute Gasteiger partial charge is 0.00445 e. The van der Waals surface area contributed by atoms with Crippen LogP contribution in [0.15, 0.2) is 72.3 Å². The van der Waals surface area contributed by atoms with Gasteiger partial charge in [-0.3, -0.25) is 0 Å². The molecule has 0 unspecified atom stereocenters. The molecule has 0 amide bonds. The molecule has 1 heteroatoms. The van der Waals surface area contributed by atoms with E-state index in [1.165, 1.54) is 28.7 Å². The first kappa shape index (κ1) is 15.8. The normalized spacial score (nSPS) is 19.9. The molecule has 23 heavy (non-hydrogen) atoms. The Labute approximate surface area is 140 Å². The summed E-state index contributed by atoms with van der Waals surface area (Å²) in [6, 6.07) is 21.5. The Morgan fingerprint density at radius 2 is 1.61 bits per heavy atom. The van der Waals surface area contributed by atoms with E-state index < -0.39 is 0 Å². The third kappa shape index (κ3) is 4.20. The summed E-state index contributed by atoms with van der Waals surface area (Å²) in [4.78, 5) is 2.30. The van der Waals surface area contributed by atoms with Crippen LogP contribution in [0.4, 0.5) is 0 Å². The van der Waals surface area contributed by atoms with Crippen molar-refractivity contribution in [1.29, 1.82) is 0 Å². The van der Waals surface area contributed by atoms with Crippen LogP contribution in [0, 0.1) is 5.92 Å². The van der Waals surface area contributed by atoms with Crippen molar-refractivity contribution in [2.75, 3.05) is 20.6 Å². The highest BCUT2D eigenvalue weighted by Crippen LogP contribution is 2.35. The molecule has 0 N–H and O–H groups in total. The molecule has 118 valence electrons. The second-order valence-corrected chi connectivity index (χ2v) is 6.59. The highest BCUT2D eigenvalue weighted by molar-refractivity contribution is 5.74. The summed E-state index contributed by atoms with van der Waals surface area (Å²) in [6.45, 7) is 1.11. The van der Waals surface area contributed by atoms with E-state index in [9.17, 15) is 0 Å². The predicted octanol–water partition coefficient (Wildman–Crippen LogP) is 5.13. The van der Waals surface area contributed by atoms with E-state index in [1.807, 2.05) is 0 Å². The Hall–Kier alpha value is -2.12. The molecule has 0 fully saturated rings. The molecule has 1 aliphatic carbocycles. The van der Waals surface area contributed by atoms with Crippen LogP contribution in [0.2, 0.25) is 0 Å². The van der Waals surface area contributed by atoms with Gasteiger partial charge >= 0.3 is 0 Å². The maximum absolute atomic E-state index is 2.42. The first-order valence-electron chi connectivity index (χ1n) is 8.40. The quantitative estimate of drug-likeness (QED) is 0.757. The van der Waals surface area contributed by atoms with Crippen LogP contribution in [-0.4, -0.2) is 25.5 Å². The molecule has 0 heterocycles. The molecule has 1 aliphatic rings. The van der Waals surface area contributed by atoms with Gasteiger partial charge in [0, 0.05) is 6.54 Å². The third-order valence-corrected chi connectivity index (χ3v) is 4.41. The van der Waals surface area contributed by atoms with Crippen LogP contribution in [-0.2, 0) is 0 Å². The van der Waals surface area contributed by atoms with Crippen LogP contribution < -0.4 is 0 Å². The van der Waals surface area contributed by atoms with E-state index in [0.717, 1.165) is 13.0 Å². The van der Waals surface area contributed by atoms with E-state index in [2.05, 4.69) is 91.8 Å². The Bertz CT molecular complexity index is 680. The maximum atomic E-state index is 2.42. The first-order valence-corrected chi connectivity index (χ1v) is 8.40. The largest absolute Gasteiger partial charge is 0.309 e. The van der Waals surface area contributed by atoms with Gasteiger partial charge in [0.05, 0.1) is 0 Å². The second-order valence-electron chi connectivity index (χ2n) is 6.59. The molecule has 0 saturated carbocycles. The number of rotatable bonds is 4. The minimum atomic E-state index is 0.611. The van der Waals surface area contributed by atoms with Crippen molar-refractivity contribution in [3.63, 3.8) is 0 Å². The SMILES string of the molecule is CN(C)C[C@H]1CC/C(=C\c2ccccc2)C=C1c1ccccc1. The van der Waals surface area contributed by atoms with E-state index in [4.69, 9.17) is 0 Å². The van der Waals surface area contributed by atoms with E-state index in [-0.39, 0.29) is 0 Å². The highest BCUT2D eigenvalue weighted by Gasteiger charge is 2.21. The minimum Gasteiger partial charge on any atom is -0.309 e. The van der Waals surface area contributed by atoms with Crippen LogP contribution in [0.1, 0.15) is 24.0 Å². The average Bonchev–Trinajstić information content (AvgIpc) is 2.57. The molecule has 0 spiro atoms. The standard InChI is InChI=1S/C22H25N/c1-23(2)17-21-14-13-19(15-18-9-5-3-6-10-18)16-22(21)20-11-7-4-8-12-20/h3-12,15-16,21H,13-14,17H2,1-2H3/b19-15+/t21-/m1/s1. The lowest BCUT2D eigenvalue weighted by molar-refractivity contribution is 0.352. The van der Waals surface area contributed by atoms with Gasteiger partial charge in [0.1, 0.15) is 0 Å². The van der Waals surface area contributed by atoms with Gasteiger partial charge in [-0.25, -0.2) is 0 Å². The zero-order valence-electron chi connectivity index (χ0n) is 14.1. The molecule has 0 aliphatic heterocycles. The fourth-order valence-electron chi connectivity index (χ4n) is 3.34. The van der Waals surface area contributed by atoms with Crippen LogP contribution in [0.25, 0.3) is 11.6 Å². The van der Waals surface area contributed by atoms with Crippen LogP contribution in [0.5, 0.6) is 0 Å². The lowest BCUT2D eigenvalue weighted by Crippen LogP contribution is -2.24. The summed E-state index contributed by atoms with van der Waals surface area (Å²) >= 11 is 0. The topological polar surface area (TPSA) is 3.24 Å². The van der Waals surface area contributed by atoms with Gasteiger partial charge < -0.3 is 4.90 Å². The number of nitrogens with zero attached hydrogens (tertiary/aromatic N) is 1. The first-order chi connectivity index (χ1) is 11.2. The third-order valence-electron chi connectivity index (χ3n) is 4.41. The molecule has 1 atom stereocenters. The van der Waals surface area contributed by atoms with Gasteiger partial charge in [-0.05, 0) is 55.1 Å². The van der Waals surface area contributed by atoms with Crippen molar-refractivity contribution in [3.05, 3.63) is 83.4 Å². The summed E-state index contributed by atoms with van der Waals surface area (Å²) in [5.74, 6) is 0.611. The minimum absolute atomic E-state index is 0.611. The molecule has 2 aromatic rings. The fraction of sp³-hybridized carbons (Fsp3) is 0.273. The summed E-state index contributed by atoms with van der Waals surface area (Å²) in [5.41, 5.74) is 5.56. The maximum Gasteiger partial charge on any atom is 0.00445 e. The molecule has 0 aromatic heterocycles. The van der Waals surface area contributed by atoms with Crippen molar-refractivity contribution in [3.8, 4) is 0 Å². The van der Waals surface area contributed by atoms with E-state index >= 15 is 0 Å². The van der Waals surface area contributed by atoms with Crippen molar-refractivity contribution in [1.82, 2.24) is 4.90 Å². The van der Waals surface area contributed by atoms with Crippen molar-refractivity contribution < 1.29 is 0 Å². The van der Waals surface area contributed by atoms with E-state index in [0.29, 0.717) is 5.92 Å². The van der Waals surface area contributed by atoms with Gasteiger partial charge in [-0.1, -0.05) is 72.8 Å². The Kier molecular flexibility index (Phi) is 5.09. The number of allylic oxidation sites excluding steroid dienone is 2. The van der Waals surface area contributed by atoms with E-state index in [1.54, 1.807) is 0 Å². The van der Waals surface area contributed by atoms with Gasteiger partial charge in [-0.15, -0.1) is 0 Å². The molecule has 3 rings (SSSR count). The van der Waals surface area contributed by atoms with Gasteiger partial charge in [0.25, 0.3) is 0 Å². The highest BCUT2D eigenvalue weighted by atomic mass is 15.1. The lowest BCUT2D eigenvalue weighted by Gasteiger charge is -2.28. The molecular weight excluding hydrogens is 278 g/mol. The average molecular weight is 303 g/mol. The second kappa shape index (κ2) is 7.43. The zero-order chi connectivity index (χ0) is 16.1. The van der Waals surface area contributed by atoms with Crippen LogP contribution in [0.3, 0.4) is 0 Å². The zero-order valence-corrected chi connectivity index (χ0v) is 14.1. The van der Waals surface area contributed by atoms with Crippen LogP contribution >= 0.6 is 0 Å². The molecule has 0 bridgehead atoms. The number of hydrogen-bond acceptors (Lipinski definition) is 1. The number of benzene rings is 2. The van der Waals surface area contributed by atoms with Crippen molar-refractivity contribution >= 4 is 11.6 Å². The molecule has 1 nitrogen and oxygen atoms in total. The predicted molar refractivity (Wildman–Crippen MR) is 100 cm³/mol. The monoisotopic (exact) mass is 303 g/mol. The van der Waals surface area contributed by atoms with Crippen molar-refractivity contribution in [2.45, 2.75) is 12.8 Å². The summed E-state index contributed by atoms with van der Waals surface area (Å²) in [5, 5.41) is 0. The molecule has 2 aromatic carbocycles. The lowest BCUT2D eigenvalue weighted by atomic mass is 9.81. The number of hydrogen-bond donors (Lipinski definition) is 0. The fourth-order valence-corrected chi connectivity index (χ4v) is 3.34. The van der Waals surface area contributed by atoms with Crippen molar-refractivity contribution in [2.24, 2.45) is 5.92 Å². The van der Waals surface area contributed by atoms with Gasteiger partial charge in [0.15, 0.2) is 0 Å². The Balaban J connectivity index is 1.95. The molecule has 0 saturated heterocycles. The molecule has 0 radical (unpaired) electrons.